The van der Waals surface area contributed by atoms with E-state index < -0.39 is 5.41 Å². The smallest absolute Gasteiger partial charge is 0.312 e. The zero-order valence-electron chi connectivity index (χ0n) is 28.2. The number of nitrogens with zero attached hydrogens (tertiary/aromatic N) is 2. The van der Waals surface area contributed by atoms with E-state index in [1.807, 2.05) is 62.1 Å². The van der Waals surface area contributed by atoms with E-state index >= 15 is 0 Å². The molecule has 6 atom stereocenters. The lowest BCUT2D eigenvalue weighted by Crippen LogP contribution is -2.32. The molecule has 2 heterocycles. The van der Waals surface area contributed by atoms with Crippen molar-refractivity contribution in [2.75, 3.05) is 26.3 Å². The Balaban J connectivity index is 0.000000181. The highest BCUT2D eigenvalue weighted by atomic mass is 32.1. The molecule has 248 valence electrons. The van der Waals surface area contributed by atoms with Gasteiger partial charge in [0.1, 0.15) is 0 Å². The fourth-order valence-corrected chi connectivity index (χ4v) is 8.28. The lowest BCUT2D eigenvalue weighted by Gasteiger charge is -2.28. The van der Waals surface area contributed by atoms with E-state index in [1.165, 1.54) is 5.56 Å². The zero-order valence-corrected chi connectivity index (χ0v) is 29.1. The van der Waals surface area contributed by atoms with Crippen molar-refractivity contribution in [1.29, 1.82) is 0 Å². The van der Waals surface area contributed by atoms with Crippen molar-refractivity contribution in [1.82, 2.24) is 9.80 Å². The van der Waals surface area contributed by atoms with Crippen LogP contribution in [-0.4, -0.2) is 58.9 Å². The van der Waals surface area contributed by atoms with Gasteiger partial charge < -0.3 is 19.3 Å². The van der Waals surface area contributed by atoms with Crippen LogP contribution in [0.15, 0.2) is 60.7 Å². The summed E-state index contributed by atoms with van der Waals surface area (Å²) in [6, 6.07) is 20.8. The van der Waals surface area contributed by atoms with Gasteiger partial charge in [-0.15, -0.1) is 0 Å². The average Bonchev–Trinajstić information content (AvgIpc) is 4.00. The number of rotatable bonds is 10. The molecular weight excluding hydrogens is 596 g/mol. The Morgan fingerprint density at radius 2 is 1.13 bits per heavy atom. The molecule has 46 heavy (non-hydrogen) atoms. The molecule has 0 radical (unpaired) electrons. The van der Waals surface area contributed by atoms with Gasteiger partial charge in [0.15, 0.2) is 0 Å². The molecular formula is C38H50N2O5S. The summed E-state index contributed by atoms with van der Waals surface area (Å²) in [6.45, 7) is 14.5. The molecule has 0 aromatic heterocycles. The third-order valence-corrected chi connectivity index (χ3v) is 11.8. The predicted octanol–water partition coefficient (Wildman–Crippen LogP) is 7.17. The van der Waals surface area contributed by atoms with Crippen LogP contribution in [0.5, 0.6) is 0 Å². The van der Waals surface area contributed by atoms with Crippen molar-refractivity contribution in [3.8, 4) is 0 Å². The Morgan fingerprint density at radius 3 is 1.54 bits per heavy atom. The van der Waals surface area contributed by atoms with Gasteiger partial charge in [-0.1, -0.05) is 86.7 Å². The monoisotopic (exact) mass is 646 g/mol. The molecule has 8 heteroatoms. The van der Waals surface area contributed by atoms with Gasteiger partial charge in [-0.3, -0.25) is 14.4 Å². The van der Waals surface area contributed by atoms with E-state index in [0.717, 1.165) is 42.8 Å². The molecule has 2 aromatic carbocycles. The molecule has 4 fully saturated rings. The second-order valence-electron chi connectivity index (χ2n) is 13.7. The largest absolute Gasteiger partial charge is 0.466 e. The quantitative estimate of drug-likeness (QED) is 0.200. The van der Waals surface area contributed by atoms with Crippen LogP contribution < -0.4 is 0 Å². The first-order valence-electron chi connectivity index (χ1n) is 17.1. The minimum Gasteiger partial charge on any atom is -0.466 e. The van der Waals surface area contributed by atoms with Crippen molar-refractivity contribution in [3.05, 3.63) is 71.8 Å². The molecule has 0 N–H and O–H groups in total. The highest BCUT2D eigenvalue weighted by molar-refractivity contribution is 7.80. The third kappa shape index (κ3) is 6.34. The highest BCUT2D eigenvalue weighted by Gasteiger charge is 2.63. The van der Waals surface area contributed by atoms with Crippen molar-refractivity contribution < 1.29 is 23.9 Å². The lowest BCUT2D eigenvalue weighted by atomic mass is 9.82. The number of benzene rings is 2. The van der Waals surface area contributed by atoms with Gasteiger partial charge in [-0.05, 0) is 64.5 Å². The number of amides is 1. The predicted molar refractivity (Wildman–Crippen MR) is 183 cm³/mol. The molecule has 0 bridgehead atoms. The molecule has 4 unspecified atom stereocenters. The number of carbonyl (C=O) groups is 3. The van der Waals surface area contributed by atoms with E-state index in [9.17, 15) is 14.4 Å². The molecule has 4 aliphatic rings. The Hall–Kier alpha value is -3.26. The number of hydrogen-bond donors (Lipinski definition) is 0. The van der Waals surface area contributed by atoms with E-state index in [0.29, 0.717) is 19.8 Å². The van der Waals surface area contributed by atoms with Crippen LogP contribution in [0.2, 0.25) is 0 Å². The fraction of sp³-hybridized carbons (Fsp3) is 0.579. The Bertz CT molecular complexity index is 1300. The molecule has 1 amide bonds. The maximum absolute atomic E-state index is 12.8. The zero-order chi connectivity index (χ0) is 33.2. The molecule has 2 saturated carbocycles. The summed E-state index contributed by atoms with van der Waals surface area (Å²) in [6.07, 6.45) is 3.58. The molecule has 2 saturated heterocycles. The molecule has 2 aliphatic carbocycles. The van der Waals surface area contributed by atoms with E-state index in [1.54, 1.807) is 0 Å². The second-order valence-corrected chi connectivity index (χ2v) is 14.1. The third-order valence-electron chi connectivity index (χ3n) is 11.2. The average molecular weight is 647 g/mol. The minimum atomic E-state index is -0.420. The van der Waals surface area contributed by atoms with Crippen LogP contribution in [0.25, 0.3) is 0 Å². The Labute approximate surface area is 280 Å². The maximum Gasteiger partial charge on any atom is 0.312 e. The number of esters is 2. The topological polar surface area (TPSA) is 76.1 Å². The van der Waals surface area contributed by atoms with Crippen LogP contribution in [-0.2, 0) is 23.9 Å². The van der Waals surface area contributed by atoms with E-state index in [4.69, 9.17) is 21.7 Å². The highest BCUT2D eigenvalue weighted by Crippen LogP contribution is 2.59. The summed E-state index contributed by atoms with van der Waals surface area (Å²) >= 11 is 5.74. The molecule has 2 aliphatic heterocycles. The Kier molecular flexibility index (Phi) is 10.3. The summed E-state index contributed by atoms with van der Waals surface area (Å²) < 4.78 is 10.6. The first-order chi connectivity index (χ1) is 22.0. The fourth-order valence-electron chi connectivity index (χ4n) is 7.89. The Morgan fingerprint density at radius 1 is 0.739 bits per heavy atom. The van der Waals surface area contributed by atoms with Crippen LogP contribution in [0.4, 0.5) is 0 Å². The minimum absolute atomic E-state index is 0.0196. The van der Waals surface area contributed by atoms with Gasteiger partial charge in [-0.25, -0.2) is 0 Å². The van der Waals surface area contributed by atoms with Crippen LogP contribution >= 0.6 is 12.2 Å². The van der Waals surface area contributed by atoms with Gasteiger partial charge in [-0.2, -0.15) is 0 Å². The molecule has 6 rings (SSSR count). The van der Waals surface area contributed by atoms with Crippen molar-refractivity contribution in [2.24, 2.45) is 34.5 Å². The first kappa shape index (κ1) is 34.1. The van der Waals surface area contributed by atoms with Gasteiger partial charge in [0.25, 0.3) is 0 Å². The van der Waals surface area contributed by atoms with Crippen molar-refractivity contribution >= 4 is 35.1 Å². The molecule has 2 aromatic rings. The van der Waals surface area contributed by atoms with E-state index in [2.05, 4.69) is 49.9 Å². The lowest BCUT2D eigenvalue weighted by molar-refractivity contribution is -0.153. The van der Waals surface area contributed by atoms with Gasteiger partial charge in [0, 0.05) is 36.8 Å². The number of ether oxygens (including phenoxy) is 2. The summed E-state index contributed by atoms with van der Waals surface area (Å²) in [5.41, 5.74) is 1.69. The normalized spacial score (nSPS) is 26.9. The van der Waals surface area contributed by atoms with Crippen molar-refractivity contribution in [3.63, 3.8) is 0 Å². The van der Waals surface area contributed by atoms with E-state index in [-0.39, 0.29) is 59.0 Å². The van der Waals surface area contributed by atoms with Gasteiger partial charge in [0.05, 0.1) is 41.1 Å². The summed E-state index contributed by atoms with van der Waals surface area (Å²) in [4.78, 5) is 42.8. The van der Waals surface area contributed by atoms with Gasteiger partial charge >= 0.3 is 11.9 Å². The number of likely N-dealkylation sites (tertiary alicyclic amines) is 2. The van der Waals surface area contributed by atoms with Crippen LogP contribution in [0.3, 0.4) is 0 Å². The van der Waals surface area contributed by atoms with Gasteiger partial charge in [0.2, 0.25) is 5.91 Å². The summed E-state index contributed by atoms with van der Waals surface area (Å²) in [5.74, 6) is 0.506. The maximum atomic E-state index is 12.8. The SMILES string of the molecule is CCOC(=O)C1([C@H]2CN(C(C)c3ccccc3)C(=O)C2C)CC1.CCOC(=O)C1([C@H]2CN(C(C)c3ccccc3)C(=S)C2C)CC1. The molecule has 7 nitrogen and oxygen atoms in total. The number of thiocarbonyl (C=S) groups is 1. The first-order valence-corrected chi connectivity index (χ1v) is 17.5. The summed E-state index contributed by atoms with van der Waals surface area (Å²) in [7, 11) is 0. The molecule has 0 spiro atoms. The van der Waals surface area contributed by atoms with Crippen molar-refractivity contribution in [2.45, 2.75) is 79.3 Å². The second kappa shape index (κ2) is 13.8. The number of hydrogen-bond acceptors (Lipinski definition) is 6. The van der Waals surface area contributed by atoms with Crippen LogP contribution in [0.1, 0.15) is 90.4 Å². The number of carbonyl (C=O) groups excluding carboxylic acids is 3. The van der Waals surface area contributed by atoms with Crippen LogP contribution in [0, 0.1) is 34.5 Å². The summed E-state index contributed by atoms with van der Waals surface area (Å²) in [5, 5.41) is 0. The standard InChI is InChI=1S/C19H25NO3.C19H25NO2S/c1-4-23-18(22)19(10-11-19)16-12-20(17(21)13(16)2)14(3)15-8-6-5-7-9-15;1-4-22-18(21)19(10-11-19)16-12-20(17(23)13(16)2)14(3)15-8-6-5-7-9-15/h2*5-9,13-14,16H,4,10-12H2,1-3H3/t2*13?,14?,16-/m00/s1.